The van der Waals surface area contributed by atoms with E-state index in [1.165, 1.54) is 16.8 Å². The summed E-state index contributed by atoms with van der Waals surface area (Å²) in [5.74, 6) is 0.237. The molecule has 0 aromatic heterocycles. The maximum absolute atomic E-state index is 12.7. The van der Waals surface area contributed by atoms with Gasteiger partial charge in [-0.25, -0.2) is 0 Å². The first kappa shape index (κ1) is 20.6. The summed E-state index contributed by atoms with van der Waals surface area (Å²) in [6.45, 7) is 11.9. The van der Waals surface area contributed by atoms with Gasteiger partial charge in [0.25, 0.3) is 0 Å². The van der Waals surface area contributed by atoms with E-state index < -0.39 is 0 Å². The zero-order chi connectivity index (χ0) is 20.1. The highest BCUT2D eigenvalue weighted by Gasteiger charge is 2.25. The average molecular weight is 388 g/mol. The summed E-state index contributed by atoms with van der Waals surface area (Å²) in [5, 5.41) is 2.65. The molecule has 2 fully saturated rings. The van der Waals surface area contributed by atoms with Crippen molar-refractivity contribution in [2.45, 2.75) is 13.8 Å². The number of carbonyl (C=O) groups excluding carboxylic acids is 2. The van der Waals surface area contributed by atoms with Crippen molar-refractivity contribution < 1.29 is 9.59 Å². The Morgan fingerprint density at radius 2 is 1.50 bits per heavy atom. The van der Waals surface area contributed by atoms with Gasteiger partial charge in [0.1, 0.15) is 0 Å². The van der Waals surface area contributed by atoms with Crippen LogP contribution >= 0.6 is 0 Å². The number of likely N-dealkylation sites (N-methyl/N-ethyl adjacent to an activating group) is 1. The van der Waals surface area contributed by atoms with Crippen molar-refractivity contribution >= 4 is 17.5 Å². The van der Waals surface area contributed by atoms with Crippen LogP contribution in [0.1, 0.15) is 11.1 Å². The summed E-state index contributed by atoms with van der Waals surface area (Å²) in [6.07, 6.45) is 0. The molecule has 0 saturated carbocycles. The Bertz CT molecular complexity index is 692. The standard InChI is InChI=1S/C21H33N5O2/c1-17-5-4-6-19(18(17)2)25-11-7-24(8-12-25)16-21(28)26-13-9-23(10-14-26)15-20(27)22-3/h4-6H,7-16H2,1-3H3,(H,22,27). The number of carbonyl (C=O) groups is 2. The van der Waals surface area contributed by atoms with Crippen LogP contribution in [0.3, 0.4) is 0 Å². The lowest BCUT2D eigenvalue weighted by Gasteiger charge is -2.39. The van der Waals surface area contributed by atoms with Crippen LogP contribution in [0.4, 0.5) is 5.69 Å². The molecule has 0 bridgehead atoms. The molecule has 0 unspecified atom stereocenters. The Kier molecular flexibility index (Phi) is 6.91. The molecule has 1 N–H and O–H groups in total. The fraction of sp³-hybridized carbons (Fsp3) is 0.619. The Morgan fingerprint density at radius 3 is 2.14 bits per heavy atom. The Morgan fingerprint density at radius 1 is 0.893 bits per heavy atom. The number of nitrogens with zero attached hydrogens (tertiary/aromatic N) is 4. The number of anilines is 1. The number of hydrogen-bond donors (Lipinski definition) is 1. The summed E-state index contributed by atoms with van der Waals surface area (Å²) in [7, 11) is 1.65. The van der Waals surface area contributed by atoms with E-state index in [0.29, 0.717) is 26.2 Å². The lowest BCUT2D eigenvalue weighted by Crippen LogP contribution is -2.54. The van der Waals surface area contributed by atoms with Crippen molar-refractivity contribution in [2.24, 2.45) is 0 Å². The maximum Gasteiger partial charge on any atom is 0.236 e. The van der Waals surface area contributed by atoms with Crippen molar-refractivity contribution in [3.63, 3.8) is 0 Å². The molecule has 0 radical (unpaired) electrons. The summed E-state index contributed by atoms with van der Waals surface area (Å²) in [6, 6.07) is 6.47. The van der Waals surface area contributed by atoms with Crippen molar-refractivity contribution in [1.82, 2.24) is 20.0 Å². The normalized spacial score (nSPS) is 19.0. The van der Waals surface area contributed by atoms with Crippen LogP contribution < -0.4 is 10.2 Å². The number of nitrogens with one attached hydrogen (secondary N) is 1. The molecule has 28 heavy (non-hydrogen) atoms. The topological polar surface area (TPSA) is 59.1 Å². The van der Waals surface area contributed by atoms with Gasteiger partial charge >= 0.3 is 0 Å². The van der Waals surface area contributed by atoms with Gasteiger partial charge in [0.2, 0.25) is 11.8 Å². The van der Waals surface area contributed by atoms with Gasteiger partial charge in [0, 0.05) is 65.1 Å². The summed E-state index contributed by atoms with van der Waals surface area (Å²) < 4.78 is 0. The van der Waals surface area contributed by atoms with Crippen molar-refractivity contribution in [3.8, 4) is 0 Å². The molecule has 2 saturated heterocycles. The number of piperazine rings is 2. The molecule has 2 heterocycles. The molecule has 0 spiro atoms. The van der Waals surface area contributed by atoms with Crippen LogP contribution in [-0.2, 0) is 9.59 Å². The van der Waals surface area contributed by atoms with Crippen LogP contribution in [-0.4, -0.2) is 99.0 Å². The van der Waals surface area contributed by atoms with Gasteiger partial charge in [0.15, 0.2) is 0 Å². The van der Waals surface area contributed by atoms with E-state index in [2.05, 4.69) is 52.1 Å². The molecule has 154 valence electrons. The molecule has 7 nitrogen and oxygen atoms in total. The first-order chi connectivity index (χ1) is 13.5. The molecule has 1 aromatic rings. The van der Waals surface area contributed by atoms with Gasteiger partial charge in [-0.3, -0.25) is 19.4 Å². The fourth-order valence-corrected chi connectivity index (χ4v) is 3.95. The lowest BCUT2D eigenvalue weighted by atomic mass is 10.1. The third kappa shape index (κ3) is 5.02. The second-order valence-electron chi connectivity index (χ2n) is 7.81. The van der Waals surface area contributed by atoms with E-state index >= 15 is 0 Å². The first-order valence-corrected chi connectivity index (χ1v) is 10.2. The predicted molar refractivity (Wildman–Crippen MR) is 112 cm³/mol. The fourth-order valence-electron chi connectivity index (χ4n) is 3.95. The van der Waals surface area contributed by atoms with E-state index in [4.69, 9.17) is 0 Å². The molecule has 2 aliphatic rings. The van der Waals surface area contributed by atoms with Crippen molar-refractivity contribution in [2.75, 3.05) is 77.4 Å². The molecule has 2 amide bonds. The van der Waals surface area contributed by atoms with Crippen LogP contribution in [0, 0.1) is 13.8 Å². The molecule has 2 aliphatic heterocycles. The van der Waals surface area contributed by atoms with E-state index in [1.807, 2.05) is 4.90 Å². The molecule has 0 atom stereocenters. The Labute approximate surface area is 168 Å². The largest absolute Gasteiger partial charge is 0.369 e. The highest BCUT2D eigenvalue weighted by Crippen LogP contribution is 2.23. The van der Waals surface area contributed by atoms with Gasteiger partial charge in [-0.05, 0) is 31.0 Å². The molecule has 7 heteroatoms. The van der Waals surface area contributed by atoms with Crippen LogP contribution in [0.5, 0.6) is 0 Å². The number of hydrogen-bond acceptors (Lipinski definition) is 5. The third-order valence-electron chi connectivity index (χ3n) is 6.02. The molecule has 0 aliphatic carbocycles. The maximum atomic E-state index is 12.7. The quantitative estimate of drug-likeness (QED) is 0.788. The third-order valence-corrected chi connectivity index (χ3v) is 6.02. The Hall–Kier alpha value is -2.12. The smallest absolute Gasteiger partial charge is 0.236 e. The zero-order valence-electron chi connectivity index (χ0n) is 17.4. The van der Waals surface area contributed by atoms with E-state index in [-0.39, 0.29) is 11.8 Å². The molecular formula is C21H33N5O2. The summed E-state index contributed by atoms with van der Waals surface area (Å²) in [5.41, 5.74) is 3.99. The van der Waals surface area contributed by atoms with E-state index in [9.17, 15) is 9.59 Å². The highest BCUT2D eigenvalue weighted by molar-refractivity contribution is 5.79. The van der Waals surface area contributed by atoms with E-state index in [1.54, 1.807) is 7.05 Å². The summed E-state index contributed by atoms with van der Waals surface area (Å²) in [4.78, 5) is 32.9. The van der Waals surface area contributed by atoms with Gasteiger partial charge in [-0.2, -0.15) is 0 Å². The first-order valence-electron chi connectivity index (χ1n) is 10.2. The second kappa shape index (κ2) is 9.39. The molecule has 3 rings (SSSR count). The number of aryl methyl sites for hydroxylation is 1. The minimum Gasteiger partial charge on any atom is -0.369 e. The number of rotatable bonds is 5. The number of amides is 2. The molecule has 1 aromatic carbocycles. The van der Waals surface area contributed by atoms with E-state index in [0.717, 1.165) is 39.3 Å². The van der Waals surface area contributed by atoms with Gasteiger partial charge in [-0.15, -0.1) is 0 Å². The molecular weight excluding hydrogens is 354 g/mol. The Balaban J connectivity index is 1.43. The second-order valence-corrected chi connectivity index (χ2v) is 7.81. The predicted octanol–water partition coefficient (Wildman–Crippen LogP) is 0.316. The average Bonchev–Trinajstić information content (AvgIpc) is 2.71. The van der Waals surface area contributed by atoms with Crippen molar-refractivity contribution in [3.05, 3.63) is 29.3 Å². The highest BCUT2D eigenvalue weighted by atomic mass is 16.2. The van der Waals surface area contributed by atoms with Gasteiger partial charge < -0.3 is 15.1 Å². The van der Waals surface area contributed by atoms with Crippen LogP contribution in [0.25, 0.3) is 0 Å². The van der Waals surface area contributed by atoms with Gasteiger partial charge in [0.05, 0.1) is 13.1 Å². The van der Waals surface area contributed by atoms with Crippen LogP contribution in [0.15, 0.2) is 18.2 Å². The minimum atomic E-state index is 0.0292. The zero-order valence-corrected chi connectivity index (χ0v) is 17.4. The summed E-state index contributed by atoms with van der Waals surface area (Å²) >= 11 is 0. The van der Waals surface area contributed by atoms with Crippen molar-refractivity contribution in [1.29, 1.82) is 0 Å². The van der Waals surface area contributed by atoms with Crippen LogP contribution in [0.2, 0.25) is 0 Å². The number of benzene rings is 1. The minimum absolute atomic E-state index is 0.0292. The van der Waals surface area contributed by atoms with Gasteiger partial charge in [-0.1, -0.05) is 12.1 Å². The SMILES string of the molecule is CNC(=O)CN1CCN(C(=O)CN2CCN(c3cccc(C)c3C)CC2)CC1. The monoisotopic (exact) mass is 387 g/mol. The lowest BCUT2D eigenvalue weighted by molar-refractivity contribution is -0.134.